The maximum atomic E-state index is 6.06. The number of rotatable bonds is 8. The summed E-state index contributed by atoms with van der Waals surface area (Å²) in [6.45, 7) is 6.41. The molecule has 0 aliphatic carbocycles. The van der Waals surface area contributed by atoms with Gasteiger partial charge in [0.2, 0.25) is 0 Å². The van der Waals surface area contributed by atoms with Crippen molar-refractivity contribution >= 4 is 22.9 Å². The van der Waals surface area contributed by atoms with Gasteiger partial charge in [-0.3, -0.25) is 0 Å². The van der Waals surface area contributed by atoms with Gasteiger partial charge in [0, 0.05) is 22.5 Å². The molecule has 114 valence electrons. The number of nitrogens with zero attached hydrogens (tertiary/aromatic N) is 1. The fraction of sp³-hybridized carbons (Fsp3) is 0.438. The number of ether oxygens (including phenoxy) is 1. The molecule has 1 heterocycles. The quantitative estimate of drug-likeness (QED) is 0.779. The van der Waals surface area contributed by atoms with E-state index in [4.69, 9.17) is 16.3 Å². The Hall–Kier alpha value is -1.10. The minimum atomic E-state index is 0.501. The van der Waals surface area contributed by atoms with Crippen molar-refractivity contribution in [2.75, 3.05) is 6.54 Å². The number of halogens is 1. The van der Waals surface area contributed by atoms with Gasteiger partial charge in [-0.05, 0) is 37.6 Å². The summed E-state index contributed by atoms with van der Waals surface area (Å²) in [5.41, 5.74) is 2.07. The van der Waals surface area contributed by atoms with Crippen LogP contribution in [0.3, 0.4) is 0 Å². The average Bonchev–Trinajstić information content (AvgIpc) is 2.92. The Morgan fingerprint density at radius 1 is 1.33 bits per heavy atom. The molecule has 21 heavy (non-hydrogen) atoms. The van der Waals surface area contributed by atoms with E-state index in [0.29, 0.717) is 6.61 Å². The lowest BCUT2D eigenvalue weighted by molar-refractivity contribution is 0.298. The molecule has 0 atom stereocenters. The van der Waals surface area contributed by atoms with E-state index in [1.165, 1.54) is 5.01 Å². The van der Waals surface area contributed by atoms with Gasteiger partial charge in [-0.15, -0.1) is 11.3 Å². The van der Waals surface area contributed by atoms with Gasteiger partial charge in [-0.2, -0.15) is 0 Å². The summed E-state index contributed by atoms with van der Waals surface area (Å²) in [5.74, 6) is 0.866. The van der Waals surface area contributed by atoms with E-state index in [0.717, 1.165) is 48.0 Å². The van der Waals surface area contributed by atoms with Crippen molar-refractivity contribution in [3.8, 4) is 5.75 Å². The van der Waals surface area contributed by atoms with Crippen LogP contribution in [-0.2, 0) is 19.6 Å². The van der Waals surface area contributed by atoms with Crippen LogP contribution in [0.4, 0.5) is 0 Å². The van der Waals surface area contributed by atoms with Crippen LogP contribution in [-0.4, -0.2) is 11.5 Å². The molecule has 2 rings (SSSR count). The third-order valence-electron chi connectivity index (χ3n) is 3.03. The molecular weight excluding hydrogens is 304 g/mol. The van der Waals surface area contributed by atoms with Gasteiger partial charge in [0.05, 0.1) is 10.7 Å². The highest BCUT2D eigenvalue weighted by atomic mass is 35.5. The lowest BCUT2D eigenvalue weighted by Crippen LogP contribution is -2.13. The zero-order chi connectivity index (χ0) is 15.1. The fourth-order valence-electron chi connectivity index (χ4n) is 1.98. The van der Waals surface area contributed by atoms with E-state index in [1.54, 1.807) is 11.3 Å². The molecule has 0 unspecified atom stereocenters. The summed E-state index contributed by atoms with van der Waals surface area (Å²) < 4.78 is 5.91. The number of benzene rings is 1. The minimum absolute atomic E-state index is 0.501. The first kappa shape index (κ1) is 16.3. The Morgan fingerprint density at radius 3 is 2.95 bits per heavy atom. The number of nitrogens with one attached hydrogen (secondary N) is 1. The minimum Gasteiger partial charge on any atom is -0.487 e. The summed E-state index contributed by atoms with van der Waals surface area (Å²) in [6, 6.07) is 5.73. The molecule has 0 saturated heterocycles. The van der Waals surface area contributed by atoms with Crippen LogP contribution in [0.25, 0.3) is 0 Å². The first-order chi connectivity index (χ1) is 10.2. The third kappa shape index (κ3) is 4.99. The van der Waals surface area contributed by atoms with Crippen LogP contribution in [0.5, 0.6) is 5.75 Å². The Bertz CT molecular complexity index is 571. The van der Waals surface area contributed by atoms with E-state index >= 15 is 0 Å². The van der Waals surface area contributed by atoms with E-state index in [1.807, 2.05) is 18.2 Å². The first-order valence-corrected chi connectivity index (χ1v) is 8.54. The van der Waals surface area contributed by atoms with Crippen molar-refractivity contribution < 1.29 is 4.74 Å². The molecule has 1 aromatic carbocycles. The van der Waals surface area contributed by atoms with Crippen molar-refractivity contribution in [3.63, 3.8) is 0 Å². The van der Waals surface area contributed by atoms with Gasteiger partial charge in [-0.1, -0.05) is 25.4 Å². The molecule has 0 amide bonds. The molecule has 0 saturated carbocycles. The predicted molar refractivity (Wildman–Crippen MR) is 89.3 cm³/mol. The van der Waals surface area contributed by atoms with Crippen LogP contribution >= 0.6 is 22.9 Å². The largest absolute Gasteiger partial charge is 0.487 e. The number of hydrogen-bond donors (Lipinski definition) is 1. The average molecular weight is 325 g/mol. The van der Waals surface area contributed by atoms with Gasteiger partial charge < -0.3 is 10.1 Å². The number of thiazole rings is 1. The van der Waals surface area contributed by atoms with Crippen molar-refractivity contribution in [3.05, 3.63) is 44.9 Å². The summed E-state index contributed by atoms with van der Waals surface area (Å²) >= 11 is 7.76. The van der Waals surface area contributed by atoms with E-state index in [2.05, 4.69) is 29.5 Å². The SMILES string of the molecule is CCCc1nc(COc2ccc(Cl)cc2CNCC)cs1. The molecule has 5 heteroatoms. The zero-order valence-corrected chi connectivity index (χ0v) is 14.1. The Morgan fingerprint density at radius 2 is 2.19 bits per heavy atom. The van der Waals surface area contributed by atoms with Crippen LogP contribution in [0.15, 0.2) is 23.6 Å². The molecule has 3 nitrogen and oxygen atoms in total. The summed E-state index contributed by atoms with van der Waals surface area (Å²) in [7, 11) is 0. The Balaban J connectivity index is 2.00. The van der Waals surface area contributed by atoms with E-state index in [-0.39, 0.29) is 0 Å². The predicted octanol–water partition coefficient (Wildman–Crippen LogP) is 4.44. The summed E-state index contributed by atoms with van der Waals surface area (Å²) in [4.78, 5) is 4.58. The number of hydrogen-bond acceptors (Lipinski definition) is 4. The summed E-state index contributed by atoms with van der Waals surface area (Å²) in [5, 5.41) is 7.28. The molecule has 0 fully saturated rings. The normalized spacial score (nSPS) is 10.8. The van der Waals surface area contributed by atoms with Crippen molar-refractivity contribution in [2.45, 2.75) is 39.8 Å². The lowest BCUT2D eigenvalue weighted by Gasteiger charge is -2.11. The first-order valence-electron chi connectivity index (χ1n) is 7.28. The molecule has 2 aromatic rings. The van der Waals surface area contributed by atoms with Gasteiger partial charge in [0.25, 0.3) is 0 Å². The van der Waals surface area contributed by atoms with Crippen molar-refractivity contribution in [1.82, 2.24) is 10.3 Å². The Kier molecular flexibility index (Phi) is 6.49. The third-order valence-corrected chi connectivity index (χ3v) is 4.22. The standard InChI is InChI=1S/C16H21ClN2OS/c1-3-5-16-19-14(11-21-16)10-20-15-7-6-13(17)8-12(15)9-18-4-2/h6-8,11,18H,3-5,9-10H2,1-2H3. The molecule has 0 bridgehead atoms. The van der Waals surface area contributed by atoms with Crippen LogP contribution in [0.1, 0.15) is 36.5 Å². The maximum absolute atomic E-state index is 6.06. The smallest absolute Gasteiger partial charge is 0.131 e. The molecule has 0 aliphatic rings. The van der Waals surface area contributed by atoms with Gasteiger partial charge in [0.15, 0.2) is 0 Å². The maximum Gasteiger partial charge on any atom is 0.131 e. The highest BCUT2D eigenvalue weighted by Crippen LogP contribution is 2.24. The second-order valence-corrected chi connectivity index (χ2v) is 6.18. The number of aromatic nitrogens is 1. The highest BCUT2D eigenvalue weighted by molar-refractivity contribution is 7.09. The monoisotopic (exact) mass is 324 g/mol. The van der Waals surface area contributed by atoms with Gasteiger partial charge in [0.1, 0.15) is 12.4 Å². The molecule has 0 aliphatic heterocycles. The van der Waals surface area contributed by atoms with Gasteiger partial charge in [-0.25, -0.2) is 4.98 Å². The van der Waals surface area contributed by atoms with Gasteiger partial charge >= 0.3 is 0 Å². The molecule has 1 N–H and O–H groups in total. The second-order valence-electron chi connectivity index (χ2n) is 4.80. The topological polar surface area (TPSA) is 34.1 Å². The lowest BCUT2D eigenvalue weighted by atomic mass is 10.2. The van der Waals surface area contributed by atoms with Crippen LogP contribution in [0.2, 0.25) is 5.02 Å². The molecule has 0 spiro atoms. The molecule has 1 aromatic heterocycles. The van der Waals surface area contributed by atoms with Crippen LogP contribution in [0, 0.1) is 0 Å². The molecular formula is C16H21ClN2OS. The number of aryl methyl sites for hydroxylation is 1. The van der Waals surface area contributed by atoms with Crippen LogP contribution < -0.4 is 10.1 Å². The highest BCUT2D eigenvalue weighted by Gasteiger charge is 2.07. The van der Waals surface area contributed by atoms with Crippen molar-refractivity contribution in [1.29, 1.82) is 0 Å². The van der Waals surface area contributed by atoms with E-state index in [9.17, 15) is 0 Å². The zero-order valence-electron chi connectivity index (χ0n) is 12.5. The molecule has 0 radical (unpaired) electrons. The summed E-state index contributed by atoms with van der Waals surface area (Å²) in [6.07, 6.45) is 2.16. The fourth-order valence-corrected chi connectivity index (χ4v) is 3.06. The van der Waals surface area contributed by atoms with E-state index < -0.39 is 0 Å². The Labute approximate surface area is 135 Å². The second kappa shape index (κ2) is 8.37. The van der Waals surface area contributed by atoms with Crippen molar-refractivity contribution in [2.24, 2.45) is 0 Å².